The Bertz CT molecular complexity index is 526. The van der Waals surface area contributed by atoms with Crippen LogP contribution in [0.2, 0.25) is 0 Å². The van der Waals surface area contributed by atoms with Crippen LogP contribution in [0.4, 0.5) is 4.39 Å². The minimum absolute atomic E-state index is 0.263. The molecule has 0 fully saturated rings. The van der Waals surface area contributed by atoms with Crippen molar-refractivity contribution in [1.29, 1.82) is 0 Å². The number of aliphatic hydroxyl groups excluding tert-OH is 1. The summed E-state index contributed by atoms with van der Waals surface area (Å²) in [5.74, 6) is 0.181. The summed E-state index contributed by atoms with van der Waals surface area (Å²) < 4.78 is 13.1. The van der Waals surface area contributed by atoms with Gasteiger partial charge in [0.1, 0.15) is 5.82 Å². The van der Waals surface area contributed by atoms with Gasteiger partial charge in [-0.05, 0) is 29.3 Å². The molecular weight excluding hydrogens is 223 g/mol. The van der Waals surface area contributed by atoms with Crippen molar-refractivity contribution in [1.82, 2.24) is 20.2 Å². The molecule has 0 aliphatic rings. The Morgan fingerprint density at radius 3 is 2.82 bits per heavy atom. The summed E-state index contributed by atoms with van der Waals surface area (Å²) in [7, 11) is 1.66. The Labute approximate surface area is 97.9 Å². The number of aryl methyl sites for hydroxylation is 2. The Kier molecular flexibility index (Phi) is 3.14. The average molecular weight is 236 g/mol. The van der Waals surface area contributed by atoms with Crippen LogP contribution in [0.3, 0.4) is 0 Å². The van der Waals surface area contributed by atoms with Crippen LogP contribution in [0, 0.1) is 12.7 Å². The number of hydrogen-bond donors (Lipinski definition) is 1. The van der Waals surface area contributed by atoms with E-state index in [1.165, 1.54) is 10.9 Å². The Morgan fingerprint density at radius 2 is 2.24 bits per heavy atom. The smallest absolute Gasteiger partial charge is 0.177 e. The summed E-state index contributed by atoms with van der Waals surface area (Å²) in [6, 6.07) is 4.53. The van der Waals surface area contributed by atoms with Crippen molar-refractivity contribution in [3.8, 4) is 0 Å². The topological polar surface area (TPSA) is 63.8 Å². The van der Waals surface area contributed by atoms with Gasteiger partial charge in [0.25, 0.3) is 0 Å². The first-order valence-corrected chi connectivity index (χ1v) is 5.23. The molecule has 6 heteroatoms. The van der Waals surface area contributed by atoms with E-state index in [0.717, 1.165) is 0 Å². The Hall–Kier alpha value is -1.82. The fourth-order valence-corrected chi connectivity index (χ4v) is 1.57. The molecule has 90 valence electrons. The highest BCUT2D eigenvalue weighted by Crippen LogP contribution is 2.19. The fraction of sp³-hybridized carbons (Fsp3) is 0.364. The van der Waals surface area contributed by atoms with Gasteiger partial charge in [-0.1, -0.05) is 12.1 Å². The molecule has 1 aromatic carbocycles. The summed E-state index contributed by atoms with van der Waals surface area (Å²) in [5.41, 5.74) is 1.16. The zero-order valence-corrected chi connectivity index (χ0v) is 9.63. The quantitative estimate of drug-likeness (QED) is 0.861. The fourth-order valence-electron chi connectivity index (χ4n) is 1.57. The number of rotatable bonds is 3. The summed E-state index contributed by atoms with van der Waals surface area (Å²) in [5, 5.41) is 21.4. The van der Waals surface area contributed by atoms with Crippen LogP contribution in [0.5, 0.6) is 0 Å². The van der Waals surface area contributed by atoms with Crippen LogP contribution in [0.15, 0.2) is 18.2 Å². The third-order valence-electron chi connectivity index (χ3n) is 2.49. The van der Waals surface area contributed by atoms with Crippen molar-refractivity contribution in [2.75, 3.05) is 0 Å². The molecule has 0 aliphatic carbocycles. The van der Waals surface area contributed by atoms with Gasteiger partial charge in [-0.2, -0.15) is 4.80 Å². The number of halogens is 1. The van der Waals surface area contributed by atoms with E-state index >= 15 is 0 Å². The maximum atomic E-state index is 13.1. The van der Waals surface area contributed by atoms with E-state index in [4.69, 9.17) is 0 Å². The van der Waals surface area contributed by atoms with E-state index in [9.17, 15) is 9.50 Å². The lowest BCUT2D eigenvalue weighted by Gasteiger charge is -2.09. The number of benzene rings is 1. The van der Waals surface area contributed by atoms with Crippen molar-refractivity contribution >= 4 is 0 Å². The maximum absolute atomic E-state index is 13.1. The Balaban J connectivity index is 2.14. The van der Waals surface area contributed by atoms with Gasteiger partial charge in [-0.15, -0.1) is 10.2 Å². The van der Waals surface area contributed by atoms with Crippen LogP contribution < -0.4 is 0 Å². The van der Waals surface area contributed by atoms with Gasteiger partial charge in [0.2, 0.25) is 0 Å². The molecule has 1 N–H and O–H groups in total. The van der Waals surface area contributed by atoms with Crippen LogP contribution >= 0.6 is 0 Å². The van der Waals surface area contributed by atoms with Gasteiger partial charge in [-0.3, -0.25) is 0 Å². The first-order chi connectivity index (χ1) is 8.06. The predicted molar refractivity (Wildman–Crippen MR) is 58.6 cm³/mol. The summed E-state index contributed by atoms with van der Waals surface area (Å²) in [6.07, 6.45) is -0.489. The van der Waals surface area contributed by atoms with E-state index in [1.54, 1.807) is 26.1 Å². The number of aromatic nitrogens is 4. The molecule has 0 aliphatic heterocycles. The number of aliphatic hydroxyl groups is 1. The highest BCUT2D eigenvalue weighted by atomic mass is 19.1. The van der Waals surface area contributed by atoms with Crippen molar-refractivity contribution in [3.05, 3.63) is 41.0 Å². The molecule has 1 heterocycles. The minimum atomic E-state index is -0.751. The van der Waals surface area contributed by atoms with Gasteiger partial charge in [-0.25, -0.2) is 4.39 Å². The second-order valence-corrected chi connectivity index (χ2v) is 3.92. The first-order valence-electron chi connectivity index (χ1n) is 5.23. The molecule has 2 rings (SSSR count). The molecule has 1 atom stereocenters. The van der Waals surface area contributed by atoms with Crippen molar-refractivity contribution < 1.29 is 9.50 Å². The van der Waals surface area contributed by atoms with E-state index in [0.29, 0.717) is 17.0 Å². The molecule has 1 aromatic heterocycles. The number of nitrogens with zero attached hydrogens (tertiary/aromatic N) is 4. The SMILES string of the molecule is Cc1cc(C(O)Cc2nnn(C)n2)ccc1F. The molecule has 0 radical (unpaired) electrons. The molecule has 0 saturated heterocycles. The monoisotopic (exact) mass is 236 g/mol. The van der Waals surface area contributed by atoms with Crippen LogP contribution in [0.1, 0.15) is 23.1 Å². The average Bonchev–Trinajstić information content (AvgIpc) is 2.68. The summed E-state index contributed by atoms with van der Waals surface area (Å²) in [4.78, 5) is 1.33. The van der Waals surface area contributed by atoms with Crippen molar-refractivity contribution in [3.63, 3.8) is 0 Å². The van der Waals surface area contributed by atoms with Gasteiger partial charge in [0.15, 0.2) is 5.82 Å². The highest BCUT2D eigenvalue weighted by molar-refractivity contribution is 5.26. The Morgan fingerprint density at radius 1 is 1.47 bits per heavy atom. The molecule has 2 aromatic rings. The standard InChI is InChI=1S/C11H13FN4O/c1-7-5-8(3-4-9(7)12)10(17)6-11-13-15-16(2)14-11/h3-5,10,17H,6H2,1-2H3. The first kappa shape index (κ1) is 11.7. The molecule has 1 unspecified atom stereocenters. The van der Waals surface area contributed by atoms with Gasteiger partial charge >= 0.3 is 0 Å². The van der Waals surface area contributed by atoms with E-state index < -0.39 is 6.10 Å². The molecule has 0 bridgehead atoms. The van der Waals surface area contributed by atoms with Crippen LogP contribution in [-0.2, 0) is 13.5 Å². The lowest BCUT2D eigenvalue weighted by molar-refractivity contribution is 0.175. The van der Waals surface area contributed by atoms with E-state index in [2.05, 4.69) is 15.4 Å². The number of tetrazole rings is 1. The molecule has 0 saturated carbocycles. The van der Waals surface area contributed by atoms with Gasteiger partial charge < -0.3 is 5.11 Å². The number of hydrogen-bond acceptors (Lipinski definition) is 4. The zero-order chi connectivity index (χ0) is 12.4. The lowest BCUT2D eigenvalue weighted by atomic mass is 10.0. The third kappa shape index (κ3) is 2.65. The molecular formula is C11H13FN4O. The van der Waals surface area contributed by atoms with Crippen molar-refractivity contribution in [2.45, 2.75) is 19.4 Å². The second kappa shape index (κ2) is 4.58. The van der Waals surface area contributed by atoms with Gasteiger partial charge in [0, 0.05) is 6.42 Å². The maximum Gasteiger partial charge on any atom is 0.177 e. The highest BCUT2D eigenvalue weighted by Gasteiger charge is 2.13. The molecule has 0 spiro atoms. The third-order valence-corrected chi connectivity index (χ3v) is 2.49. The summed E-state index contributed by atoms with van der Waals surface area (Å²) >= 11 is 0. The zero-order valence-electron chi connectivity index (χ0n) is 9.63. The van der Waals surface area contributed by atoms with E-state index in [1.807, 2.05) is 0 Å². The predicted octanol–water partition coefficient (Wildman–Crippen LogP) is 0.934. The minimum Gasteiger partial charge on any atom is -0.388 e. The molecule has 0 amide bonds. The lowest BCUT2D eigenvalue weighted by Crippen LogP contribution is -2.04. The molecule has 17 heavy (non-hydrogen) atoms. The van der Waals surface area contributed by atoms with Crippen molar-refractivity contribution in [2.24, 2.45) is 7.05 Å². The van der Waals surface area contributed by atoms with E-state index in [-0.39, 0.29) is 12.2 Å². The van der Waals surface area contributed by atoms with Crippen LogP contribution in [-0.4, -0.2) is 25.3 Å². The normalized spacial score (nSPS) is 12.7. The summed E-state index contributed by atoms with van der Waals surface area (Å²) in [6.45, 7) is 1.66. The second-order valence-electron chi connectivity index (χ2n) is 3.92. The largest absolute Gasteiger partial charge is 0.388 e. The molecule has 5 nitrogen and oxygen atoms in total. The van der Waals surface area contributed by atoms with Crippen LogP contribution in [0.25, 0.3) is 0 Å². The van der Waals surface area contributed by atoms with Gasteiger partial charge in [0.05, 0.1) is 13.2 Å².